The van der Waals surface area contributed by atoms with Crippen LogP contribution in [0, 0.1) is 0 Å². The van der Waals surface area contributed by atoms with Crippen LogP contribution in [0.25, 0.3) is 0 Å². The molecule has 8 heteroatoms. The van der Waals surface area contributed by atoms with E-state index in [0.717, 1.165) is 0 Å². The maximum absolute atomic E-state index is 12.2. The quantitative estimate of drug-likeness (QED) is 0.641. The summed E-state index contributed by atoms with van der Waals surface area (Å²) in [4.78, 5) is 12.2. The average Bonchev–Trinajstić information content (AvgIpc) is 2.78. The zero-order chi connectivity index (χ0) is 15.6. The molecule has 0 aliphatic carbocycles. The van der Waals surface area contributed by atoms with Crippen molar-refractivity contribution in [3.05, 3.63) is 17.7 Å². The Kier molecular flexibility index (Phi) is 4.26. The lowest BCUT2D eigenvalue weighted by atomic mass is 10.1. The van der Waals surface area contributed by atoms with Crippen LogP contribution in [0.2, 0.25) is 0 Å². The first-order valence-electron chi connectivity index (χ1n) is 6.29. The number of hydrogen-bond acceptors (Lipinski definition) is 7. The van der Waals surface area contributed by atoms with Gasteiger partial charge in [0, 0.05) is 6.07 Å². The first-order valence-corrected chi connectivity index (χ1v) is 8.11. The van der Waals surface area contributed by atoms with Crippen molar-refractivity contribution in [2.24, 2.45) is 0 Å². The highest BCUT2D eigenvalue weighted by Gasteiger charge is 2.31. The van der Waals surface area contributed by atoms with Gasteiger partial charge in [0.25, 0.3) is 0 Å². The van der Waals surface area contributed by atoms with E-state index >= 15 is 0 Å². The fraction of sp³-hybridized carbons (Fsp3) is 0.462. The van der Waals surface area contributed by atoms with E-state index in [0.29, 0.717) is 17.9 Å². The van der Waals surface area contributed by atoms with Crippen molar-refractivity contribution in [3.8, 4) is 11.5 Å². The Morgan fingerprint density at radius 1 is 1.29 bits per heavy atom. The number of anilines is 1. The number of esters is 1. The molecule has 1 fully saturated rings. The van der Waals surface area contributed by atoms with Crippen LogP contribution in [0.3, 0.4) is 0 Å². The molecule has 116 valence electrons. The van der Waals surface area contributed by atoms with Gasteiger partial charge in [-0.2, -0.15) is 0 Å². The molecule has 1 saturated heterocycles. The Labute approximate surface area is 122 Å². The molecule has 1 aliphatic heterocycles. The van der Waals surface area contributed by atoms with Gasteiger partial charge in [-0.15, -0.1) is 0 Å². The second-order valence-electron chi connectivity index (χ2n) is 4.72. The summed E-state index contributed by atoms with van der Waals surface area (Å²) in [6.07, 6.45) is -0.339. The summed E-state index contributed by atoms with van der Waals surface area (Å²) in [7, 11) is -0.248. The molecule has 1 heterocycles. The molecule has 7 nitrogen and oxygen atoms in total. The van der Waals surface area contributed by atoms with Gasteiger partial charge in [0.2, 0.25) is 0 Å². The zero-order valence-corrected chi connectivity index (χ0v) is 12.6. The molecule has 1 aliphatic rings. The van der Waals surface area contributed by atoms with Gasteiger partial charge in [0.15, 0.2) is 9.84 Å². The van der Waals surface area contributed by atoms with E-state index in [1.165, 1.54) is 20.3 Å². The number of hydrogen-bond donors (Lipinski definition) is 1. The maximum atomic E-state index is 12.2. The van der Waals surface area contributed by atoms with Gasteiger partial charge in [0.1, 0.15) is 17.6 Å². The van der Waals surface area contributed by atoms with Gasteiger partial charge in [0.05, 0.1) is 37.0 Å². The Bertz CT molecular complexity index is 655. The SMILES string of the molecule is COc1cc(OC)c(N)c(C(=O)OC2CCS(=O)(=O)C2)c1. The van der Waals surface area contributed by atoms with E-state index in [9.17, 15) is 13.2 Å². The molecule has 2 rings (SSSR count). The van der Waals surface area contributed by atoms with Gasteiger partial charge in [-0.1, -0.05) is 0 Å². The Morgan fingerprint density at radius 2 is 2.00 bits per heavy atom. The molecule has 2 N–H and O–H groups in total. The Balaban J connectivity index is 2.23. The van der Waals surface area contributed by atoms with Crippen LogP contribution in [-0.4, -0.2) is 46.2 Å². The molecular weight excluding hydrogens is 298 g/mol. The van der Waals surface area contributed by atoms with E-state index in [1.54, 1.807) is 6.07 Å². The minimum absolute atomic E-state index is 0.0296. The lowest BCUT2D eigenvalue weighted by Gasteiger charge is -2.14. The van der Waals surface area contributed by atoms with E-state index in [4.69, 9.17) is 19.9 Å². The summed E-state index contributed by atoms with van der Waals surface area (Å²) in [6, 6.07) is 2.98. The van der Waals surface area contributed by atoms with Gasteiger partial charge in [-0.25, -0.2) is 13.2 Å². The summed E-state index contributed by atoms with van der Waals surface area (Å²) in [5.41, 5.74) is 6.07. The van der Waals surface area contributed by atoms with Crippen molar-refractivity contribution in [3.63, 3.8) is 0 Å². The number of rotatable bonds is 4. The molecule has 0 saturated carbocycles. The molecular formula is C13H17NO6S. The van der Waals surface area contributed by atoms with E-state index < -0.39 is 21.9 Å². The minimum atomic E-state index is -3.12. The van der Waals surface area contributed by atoms with Crippen molar-refractivity contribution in [1.29, 1.82) is 0 Å². The molecule has 0 amide bonds. The summed E-state index contributed by atoms with van der Waals surface area (Å²) in [5, 5.41) is 0. The standard InChI is InChI=1S/C13H17NO6S/c1-18-9-5-10(12(14)11(6-9)19-2)13(15)20-8-3-4-21(16,17)7-8/h5-6,8H,3-4,7,14H2,1-2H3. The molecule has 1 aromatic carbocycles. The number of ether oxygens (including phenoxy) is 3. The highest BCUT2D eigenvalue weighted by Crippen LogP contribution is 2.32. The van der Waals surface area contributed by atoms with Gasteiger partial charge >= 0.3 is 5.97 Å². The van der Waals surface area contributed by atoms with Crippen molar-refractivity contribution >= 4 is 21.5 Å². The second kappa shape index (κ2) is 5.80. The van der Waals surface area contributed by atoms with Crippen LogP contribution in [0.1, 0.15) is 16.8 Å². The normalized spacial score (nSPS) is 20.0. The summed E-state index contributed by atoms with van der Waals surface area (Å²) >= 11 is 0. The van der Waals surface area contributed by atoms with E-state index in [-0.39, 0.29) is 22.8 Å². The minimum Gasteiger partial charge on any atom is -0.497 e. The topological polar surface area (TPSA) is 105 Å². The molecule has 0 radical (unpaired) electrons. The van der Waals surface area contributed by atoms with Crippen molar-refractivity contribution < 1.29 is 27.4 Å². The lowest BCUT2D eigenvalue weighted by molar-refractivity contribution is 0.0357. The number of methoxy groups -OCH3 is 2. The maximum Gasteiger partial charge on any atom is 0.340 e. The zero-order valence-electron chi connectivity index (χ0n) is 11.8. The third-order valence-electron chi connectivity index (χ3n) is 3.26. The molecule has 0 spiro atoms. The predicted molar refractivity (Wildman–Crippen MR) is 76.4 cm³/mol. The summed E-state index contributed by atoms with van der Waals surface area (Å²) in [6.45, 7) is 0. The van der Waals surface area contributed by atoms with Crippen molar-refractivity contribution in [2.45, 2.75) is 12.5 Å². The van der Waals surface area contributed by atoms with E-state index in [2.05, 4.69) is 0 Å². The van der Waals surface area contributed by atoms with Crippen molar-refractivity contribution in [1.82, 2.24) is 0 Å². The van der Waals surface area contributed by atoms with Crippen LogP contribution in [0.4, 0.5) is 5.69 Å². The van der Waals surface area contributed by atoms with Crippen molar-refractivity contribution in [2.75, 3.05) is 31.5 Å². The number of carbonyl (C=O) groups excluding carboxylic acids is 1. The third kappa shape index (κ3) is 3.38. The van der Waals surface area contributed by atoms with Gasteiger partial charge < -0.3 is 19.9 Å². The number of benzene rings is 1. The van der Waals surface area contributed by atoms with Crippen LogP contribution >= 0.6 is 0 Å². The van der Waals surface area contributed by atoms with Crippen LogP contribution in [0.15, 0.2) is 12.1 Å². The van der Waals surface area contributed by atoms with Gasteiger partial charge in [-0.05, 0) is 12.5 Å². The third-order valence-corrected chi connectivity index (χ3v) is 4.99. The number of carbonyl (C=O) groups is 1. The highest BCUT2D eigenvalue weighted by molar-refractivity contribution is 7.91. The fourth-order valence-corrected chi connectivity index (χ4v) is 3.72. The first kappa shape index (κ1) is 15.4. The molecule has 0 aromatic heterocycles. The molecule has 21 heavy (non-hydrogen) atoms. The predicted octanol–water partition coefficient (Wildman–Crippen LogP) is 0.630. The largest absolute Gasteiger partial charge is 0.497 e. The van der Waals surface area contributed by atoms with Crippen LogP contribution in [-0.2, 0) is 14.6 Å². The molecule has 1 atom stereocenters. The Hall–Kier alpha value is -1.96. The smallest absolute Gasteiger partial charge is 0.340 e. The van der Waals surface area contributed by atoms with Crippen LogP contribution in [0.5, 0.6) is 11.5 Å². The molecule has 0 bridgehead atoms. The monoisotopic (exact) mass is 315 g/mol. The van der Waals surface area contributed by atoms with Crippen LogP contribution < -0.4 is 15.2 Å². The van der Waals surface area contributed by atoms with Gasteiger partial charge in [-0.3, -0.25) is 0 Å². The summed E-state index contributed by atoms with van der Waals surface area (Å²) in [5.74, 6) is -0.124. The number of nitrogens with two attached hydrogens (primary N) is 1. The number of nitrogen functional groups attached to an aromatic ring is 1. The average molecular weight is 315 g/mol. The Morgan fingerprint density at radius 3 is 2.52 bits per heavy atom. The molecule has 1 unspecified atom stereocenters. The lowest BCUT2D eigenvalue weighted by Crippen LogP contribution is -2.20. The first-order chi connectivity index (χ1) is 9.86. The second-order valence-corrected chi connectivity index (χ2v) is 6.95. The highest BCUT2D eigenvalue weighted by atomic mass is 32.2. The van der Waals surface area contributed by atoms with E-state index in [1.807, 2.05) is 0 Å². The summed E-state index contributed by atoms with van der Waals surface area (Å²) < 4.78 is 38.1. The number of sulfone groups is 1. The fourth-order valence-electron chi connectivity index (χ4n) is 2.13. The molecule has 1 aromatic rings.